The summed E-state index contributed by atoms with van der Waals surface area (Å²) in [7, 11) is 3.03. The Kier molecular flexibility index (Phi) is 10.2. The van der Waals surface area contributed by atoms with Crippen molar-refractivity contribution in [1.82, 2.24) is 0 Å². The lowest BCUT2D eigenvalue weighted by atomic mass is 10.1. The van der Waals surface area contributed by atoms with E-state index in [1.807, 2.05) is 54.6 Å². The molecule has 41 heavy (non-hydrogen) atoms. The Balaban J connectivity index is 1.51. The van der Waals surface area contributed by atoms with Crippen molar-refractivity contribution >= 4 is 69.4 Å². The van der Waals surface area contributed by atoms with Crippen molar-refractivity contribution in [3.05, 3.63) is 107 Å². The lowest BCUT2D eigenvalue weighted by Gasteiger charge is -2.19. The standard InChI is InChI=1S/C31H28ClN3O4S2/c1-19(36)20-12-14-22(15-13-20)33-31(40)34-23-10-7-11-24(16-23)41-29(21-8-5-4-6-9-21)30(37)35-26-17-25(32)27(38-2)18-28(26)39-3/h4-18,29H,1-3H3,(H,35,37)(H2,33,34,40). The molecular weight excluding hydrogens is 578 g/mol. The molecule has 0 spiro atoms. The Labute approximate surface area is 253 Å². The molecule has 4 rings (SSSR count). The van der Waals surface area contributed by atoms with Crippen molar-refractivity contribution in [2.24, 2.45) is 0 Å². The SMILES string of the molecule is COc1cc(OC)c(NC(=O)C(Sc2cccc(NC(=S)Nc3ccc(C(C)=O)cc3)c2)c2ccccc2)cc1Cl. The molecule has 0 radical (unpaired) electrons. The third-order valence-electron chi connectivity index (χ3n) is 5.97. The number of anilines is 3. The van der Waals surface area contributed by atoms with Gasteiger partial charge in [0.1, 0.15) is 16.7 Å². The van der Waals surface area contributed by atoms with Crippen LogP contribution in [0.4, 0.5) is 17.1 Å². The van der Waals surface area contributed by atoms with Crippen LogP contribution in [-0.4, -0.2) is 31.0 Å². The molecule has 0 aliphatic rings. The van der Waals surface area contributed by atoms with Crippen LogP contribution in [0.3, 0.4) is 0 Å². The molecule has 1 unspecified atom stereocenters. The van der Waals surface area contributed by atoms with Gasteiger partial charge in [0, 0.05) is 27.9 Å². The lowest BCUT2D eigenvalue weighted by Crippen LogP contribution is -2.20. The van der Waals surface area contributed by atoms with Gasteiger partial charge in [-0.25, -0.2) is 0 Å². The number of benzene rings is 4. The van der Waals surface area contributed by atoms with Crippen molar-refractivity contribution in [2.45, 2.75) is 17.1 Å². The number of halogens is 1. The average molecular weight is 606 g/mol. The molecule has 4 aromatic rings. The maximum absolute atomic E-state index is 13.7. The number of rotatable bonds is 10. The second-order valence-electron chi connectivity index (χ2n) is 8.83. The Bertz CT molecular complexity index is 1550. The van der Waals surface area contributed by atoms with E-state index in [0.717, 1.165) is 21.8 Å². The molecule has 4 aromatic carbocycles. The van der Waals surface area contributed by atoms with Crippen molar-refractivity contribution in [1.29, 1.82) is 0 Å². The Morgan fingerprint density at radius 3 is 2.15 bits per heavy atom. The van der Waals surface area contributed by atoms with Gasteiger partial charge in [-0.3, -0.25) is 9.59 Å². The summed E-state index contributed by atoms with van der Waals surface area (Å²) in [4.78, 5) is 26.0. The number of ether oxygens (including phenoxy) is 2. The van der Waals surface area contributed by atoms with Gasteiger partial charge in [-0.1, -0.05) is 48.0 Å². The van der Waals surface area contributed by atoms with Crippen LogP contribution in [-0.2, 0) is 4.79 Å². The summed E-state index contributed by atoms with van der Waals surface area (Å²) in [6.45, 7) is 1.52. The van der Waals surface area contributed by atoms with E-state index in [1.165, 1.54) is 32.9 Å². The quantitative estimate of drug-likeness (QED) is 0.0957. The van der Waals surface area contributed by atoms with E-state index in [-0.39, 0.29) is 11.7 Å². The second-order valence-corrected chi connectivity index (χ2v) is 10.8. The van der Waals surface area contributed by atoms with Gasteiger partial charge in [0.2, 0.25) is 5.91 Å². The largest absolute Gasteiger partial charge is 0.495 e. The maximum atomic E-state index is 13.7. The van der Waals surface area contributed by atoms with Gasteiger partial charge in [0.05, 0.1) is 24.9 Å². The van der Waals surface area contributed by atoms with Gasteiger partial charge in [-0.05, 0) is 73.2 Å². The molecule has 0 aliphatic heterocycles. The van der Waals surface area contributed by atoms with E-state index in [9.17, 15) is 9.59 Å². The number of nitrogens with one attached hydrogen (secondary N) is 3. The highest BCUT2D eigenvalue weighted by molar-refractivity contribution is 8.00. The van der Waals surface area contributed by atoms with Crippen LogP contribution in [0.25, 0.3) is 0 Å². The minimum absolute atomic E-state index is 0.000917. The maximum Gasteiger partial charge on any atom is 0.242 e. The molecular formula is C31H28ClN3O4S2. The first kappa shape index (κ1) is 29.9. The van der Waals surface area contributed by atoms with Gasteiger partial charge < -0.3 is 25.4 Å². The number of hydrogen-bond acceptors (Lipinski definition) is 6. The summed E-state index contributed by atoms with van der Waals surface area (Å²) >= 11 is 13.2. The van der Waals surface area contributed by atoms with Crippen molar-refractivity contribution < 1.29 is 19.1 Å². The fourth-order valence-corrected chi connectivity index (χ4v) is 5.48. The van der Waals surface area contributed by atoms with E-state index < -0.39 is 5.25 Å². The zero-order chi connectivity index (χ0) is 29.4. The first-order chi connectivity index (χ1) is 19.8. The summed E-state index contributed by atoms with van der Waals surface area (Å²) in [5.74, 6) is 0.631. The summed E-state index contributed by atoms with van der Waals surface area (Å²) in [5.41, 5.74) is 3.41. The minimum Gasteiger partial charge on any atom is -0.495 e. The Morgan fingerprint density at radius 2 is 1.49 bits per heavy atom. The molecule has 0 aromatic heterocycles. The molecule has 0 saturated heterocycles. The van der Waals surface area contributed by atoms with Crippen LogP contribution in [0.1, 0.15) is 28.1 Å². The van der Waals surface area contributed by atoms with Crippen LogP contribution in [0, 0.1) is 0 Å². The molecule has 0 aliphatic carbocycles. The van der Waals surface area contributed by atoms with Gasteiger partial charge in [-0.2, -0.15) is 0 Å². The van der Waals surface area contributed by atoms with Crippen molar-refractivity contribution in [2.75, 3.05) is 30.2 Å². The van der Waals surface area contributed by atoms with Gasteiger partial charge >= 0.3 is 0 Å². The topological polar surface area (TPSA) is 88.7 Å². The van der Waals surface area contributed by atoms with E-state index in [4.69, 9.17) is 33.3 Å². The predicted octanol–water partition coefficient (Wildman–Crippen LogP) is 7.84. The zero-order valence-electron chi connectivity index (χ0n) is 22.6. The minimum atomic E-state index is -0.582. The number of methoxy groups -OCH3 is 2. The van der Waals surface area contributed by atoms with Crippen molar-refractivity contribution in [3.8, 4) is 11.5 Å². The number of thiocarbonyl (C=S) groups is 1. The smallest absolute Gasteiger partial charge is 0.242 e. The number of Topliss-reactive ketones (excluding diaryl/α,β-unsaturated/α-hetero) is 1. The molecule has 3 N–H and O–H groups in total. The Morgan fingerprint density at radius 1 is 0.805 bits per heavy atom. The molecule has 7 nitrogen and oxygen atoms in total. The van der Waals surface area contributed by atoms with Crippen LogP contribution < -0.4 is 25.4 Å². The fourth-order valence-electron chi connectivity index (χ4n) is 3.92. The number of ketones is 1. The summed E-state index contributed by atoms with van der Waals surface area (Å²) < 4.78 is 10.7. The van der Waals surface area contributed by atoms with Crippen LogP contribution in [0.15, 0.2) is 95.9 Å². The van der Waals surface area contributed by atoms with Gasteiger partial charge in [0.15, 0.2) is 10.9 Å². The molecule has 210 valence electrons. The first-order valence-electron chi connectivity index (χ1n) is 12.5. The van der Waals surface area contributed by atoms with Gasteiger partial charge in [0.25, 0.3) is 0 Å². The van der Waals surface area contributed by atoms with Gasteiger partial charge in [-0.15, -0.1) is 11.8 Å². The highest BCUT2D eigenvalue weighted by atomic mass is 35.5. The normalized spacial score (nSPS) is 11.2. The number of carbonyl (C=O) groups excluding carboxylic acids is 2. The monoisotopic (exact) mass is 605 g/mol. The summed E-state index contributed by atoms with van der Waals surface area (Å²) in [6.07, 6.45) is 0. The number of amides is 1. The fraction of sp³-hybridized carbons (Fsp3) is 0.129. The van der Waals surface area contributed by atoms with E-state index in [1.54, 1.807) is 36.4 Å². The molecule has 0 fully saturated rings. The highest BCUT2D eigenvalue weighted by Crippen LogP contribution is 2.40. The molecule has 1 amide bonds. The molecule has 1 atom stereocenters. The third kappa shape index (κ3) is 8.00. The number of thioether (sulfide) groups is 1. The second kappa shape index (κ2) is 14.0. The van der Waals surface area contributed by atoms with E-state index in [0.29, 0.717) is 32.9 Å². The van der Waals surface area contributed by atoms with Crippen LogP contribution in [0.5, 0.6) is 11.5 Å². The van der Waals surface area contributed by atoms with Crippen molar-refractivity contribution in [3.63, 3.8) is 0 Å². The third-order valence-corrected chi connectivity index (χ3v) is 7.71. The zero-order valence-corrected chi connectivity index (χ0v) is 25.0. The average Bonchev–Trinajstić information content (AvgIpc) is 2.97. The Hall–Kier alpha value is -4.05. The molecule has 0 bridgehead atoms. The summed E-state index contributed by atoms with van der Waals surface area (Å²) in [5, 5.41) is 9.43. The van der Waals surface area contributed by atoms with E-state index in [2.05, 4.69) is 16.0 Å². The predicted molar refractivity (Wildman–Crippen MR) is 171 cm³/mol. The van der Waals surface area contributed by atoms with Crippen LogP contribution in [0.2, 0.25) is 5.02 Å². The number of carbonyl (C=O) groups is 2. The first-order valence-corrected chi connectivity index (χ1v) is 14.2. The summed E-state index contributed by atoms with van der Waals surface area (Å²) in [6, 6.07) is 27.5. The number of hydrogen-bond donors (Lipinski definition) is 3. The van der Waals surface area contributed by atoms with Crippen LogP contribution >= 0.6 is 35.6 Å². The lowest BCUT2D eigenvalue weighted by molar-refractivity contribution is -0.115. The molecule has 10 heteroatoms. The highest BCUT2D eigenvalue weighted by Gasteiger charge is 2.24. The molecule has 0 heterocycles. The molecule has 0 saturated carbocycles. The van der Waals surface area contributed by atoms with E-state index >= 15 is 0 Å².